The van der Waals surface area contributed by atoms with E-state index in [1.54, 1.807) is 14.0 Å². The SMILES string of the molecule is CN=C(NCc1noc(C)n1)NC1CCN(Cc2ccc(Cl)cc2)CC1. The molecule has 7 nitrogen and oxygen atoms in total. The number of guanidine groups is 1. The second-order valence-corrected chi connectivity index (χ2v) is 6.91. The highest BCUT2D eigenvalue weighted by Gasteiger charge is 2.20. The van der Waals surface area contributed by atoms with E-state index in [4.69, 9.17) is 16.1 Å². The third-order valence-electron chi connectivity index (χ3n) is 4.46. The molecule has 1 aliphatic heterocycles. The number of hydrogen-bond donors (Lipinski definition) is 2. The monoisotopic (exact) mass is 376 g/mol. The maximum atomic E-state index is 5.95. The Labute approximate surface area is 158 Å². The molecular formula is C18H25ClN6O. The Morgan fingerprint density at radius 3 is 2.65 bits per heavy atom. The molecule has 0 unspecified atom stereocenters. The fourth-order valence-corrected chi connectivity index (χ4v) is 3.17. The average Bonchev–Trinajstić information content (AvgIpc) is 3.07. The molecule has 1 aromatic heterocycles. The molecule has 0 spiro atoms. The van der Waals surface area contributed by atoms with Gasteiger partial charge in [-0.3, -0.25) is 9.89 Å². The molecular weight excluding hydrogens is 352 g/mol. The lowest BCUT2D eigenvalue weighted by molar-refractivity contribution is 0.198. The molecule has 1 aliphatic rings. The minimum absolute atomic E-state index is 0.412. The maximum Gasteiger partial charge on any atom is 0.223 e. The first-order chi connectivity index (χ1) is 12.6. The van der Waals surface area contributed by atoms with Crippen molar-refractivity contribution in [1.29, 1.82) is 0 Å². The van der Waals surface area contributed by atoms with Gasteiger partial charge in [0.1, 0.15) is 0 Å². The lowest BCUT2D eigenvalue weighted by atomic mass is 10.0. The molecule has 26 heavy (non-hydrogen) atoms. The Morgan fingerprint density at radius 1 is 1.31 bits per heavy atom. The van der Waals surface area contributed by atoms with Crippen molar-refractivity contribution in [3.05, 3.63) is 46.6 Å². The highest BCUT2D eigenvalue weighted by Crippen LogP contribution is 2.16. The van der Waals surface area contributed by atoms with Gasteiger partial charge in [-0.05, 0) is 30.5 Å². The van der Waals surface area contributed by atoms with E-state index in [2.05, 4.69) is 42.8 Å². The molecule has 1 saturated heterocycles. The summed E-state index contributed by atoms with van der Waals surface area (Å²) < 4.78 is 4.97. The van der Waals surface area contributed by atoms with Gasteiger partial charge >= 0.3 is 0 Å². The number of aryl methyl sites for hydroxylation is 1. The summed E-state index contributed by atoms with van der Waals surface area (Å²) in [5.74, 6) is 1.96. The summed E-state index contributed by atoms with van der Waals surface area (Å²) in [6.07, 6.45) is 2.16. The van der Waals surface area contributed by atoms with Crippen LogP contribution in [0.15, 0.2) is 33.8 Å². The molecule has 1 fully saturated rings. The first-order valence-electron chi connectivity index (χ1n) is 8.85. The van der Waals surface area contributed by atoms with Crippen molar-refractivity contribution in [3.8, 4) is 0 Å². The van der Waals surface area contributed by atoms with Gasteiger partial charge < -0.3 is 15.2 Å². The van der Waals surface area contributed by atoms with Gasteiger partial charge in [0.15, 0.2) is 11.8 Å². The van der Waals surface area contributed by atoms with Gasteiger partial charge in [0.2, 0.25) is 5.89 Å². The van der Waals surface area contributed by atoms with Gasteiger partial charge in [-0.2, -0.15) is 4.98 Å². The van der Waals surface area contributed by atoms with Crippen LogP contribution in [0.1, 0.15) is 30.1 Å². The number of rotatable bonds is 5. The van der Waals surface area contributed by atoms with Crippen LogP contribution in [0, 0.1) is 6.92 Å². The van der Waals surface area contributed by atoms with Gasteiger partial charge in [0.25, 0.3) is 0 Å². The zero-order chi connectivity index (χ0) is 18.4. The van der Waals surface area contributed by atoms with Crippen molar-refractivity contribution >= 4 is 17.6 Å². The van der Waals surface area contributed by atoms with E-state index in [1.807, 2.05) is 12.1 Å². The molecule has 0 aliphatic carbocycles. The number of aromatic nitrogens is 2. The lowest BCUT2D eigenvalue weighted by Crippen LogP contribution is -2.48. The number of hydrogen-bond acceptors (Lipinski definition) is 5. The zero-order valence-electron chi connectivity index (χ0n) is 15.2. The van der Waals surface area contributed by atoms with Crippen molar-refractivity contribution in [2.45, 2.75) is 38.9 Å². The Kier molecular flexibility index (Phi) is 6.46. The van der Waals surface area contributed by atoms with Crippen LogP contribution in [-0.4, -0.2) is 47.2 Å². The number of nitrogens with one attached hydrogen (secondary N) is 2. The molecule has 8 heteroatoms. The fourth-order valence-electron chi connectivity index (χ4n) is 3.05. The molecule has 2 heterocycles. The maximum absolute atomic E-state index is 5.95. The van der Waals surface area contributed by atoms with Crippen LogP contribution in [0.3, 0.4) is 0 Å². The third-order valence-corrected chi connectivity index (χ3v) is 4.71. The average molecular weight is 377 g/mol. The fraction of sp³-hybridized carbons (Fsp3) is 0.500. The molecule has 0 amide bonds. The lowest BCUT2D eigenvalue weighted by Gasteiger charge is -2.33. The van der Waals surface area contributed by atoms with Gasteiger partial charge in [0, 0.05) is 44.7 Å². The molecule has 3 rings (SSSR count). The van der Waals surface area contributed by atoms with Crippen LogP contribution in [0.4, 0.5) is 0 Å². The Balaban J connectivity index is 1.41. The molecule has 2 aromatic rings. The van der Waals surface area contributed by atoms with Gasteiger partial charge in [-0.1, -0.05) is 28.9 Å². The van der Waals surface area contributed by atoms with E-state index in [0.29, 0.717) is 24.3 Å². The van der Waals surface area contributed by atoms with Crippen molar-refractivity contribution < 1.29 is 4.52 Å². The summed E-state index contributed by atoms with van der Waals surface area (Å²) in [6, 6.07) is 8.50. The number of piperidine rings is 1. The molecule has 140 valence electrons. The van der Waals surface area contributed by atoms with E-state index < -0.39 is 0 Å². The quantitative estimate of drug-likeness (QED) is 0.616. The molecule has 0 saturated carbocycles. The topological polar surface area (TPSA) is 78.6 Å². The molecule has 2 N–H and O–H groups in total. The Hall–Kier alpha value is -2.12. The van der Waals surface area contributed by atoms with Crippen LogP contribution in [0.25, 0.3) is 0 Å². The molecule has 1 aromatic carbocycles. The summed E-state index contributed by atoms with van der Waals surface area (Å²) in [5, 5.41) is 11.4. The summed E-state index contributed by atoms with van der Waals surface area (Å²) in [6.45, 7) is 5.35. The largest absolute Gasteiger partial charge is 0.354 e. The molecule has 0 bridgehead atoms. The predicted molar refractivity (Wildman–Crippen MR) is 102 cm³/mol. The van der Waals surface area contributed by atoms with E-state index in [1.165, 1.54) is 5.56 Å². The van der Waals surface area contributed by atoms with E-state index in [9.17, 15) is 0 Å². The second kappa shape index (κ2) is 9.00. The van der Waals surface area contributed by atoms with Crippen LogP contribution < -0.4 is 10.6 Å². The minimum atomic E-state index is 0.412. The van der Waals surface area contributed by atoms with Crippen LogP contribution in [0.2, 0.25) is 5.02 Å². The minimum Gasteiger partial charge on any atom is -0.354 e. The highest BCUT2D eigenvalue weighted by molar-refractivity contribution is 6.30. The number of likely N-dealkylation sites (tertiary alicyclic amines) is 1. The normalized spacial score (nSPS) is 16.7. The molecule has 0 radical (unpaired) electrons. The summed E-state index contributed by atoms with van der Waals surface area (Å²) in [7, 11) is 1.77. The van der Waals surface area contributed by atoms with Crippen molar-refractivity contribution in [2.75, 3.05) is 20.1 Å². The highest BCUT2D eigenvalue weighted by atomic mass is 35.5. The van der Waals surface area contributed by atoms with E-state index in [0.717, 1.165) is 43.5 Å². The van der Waals surface area contributed by atoms with Gasteiger partial charge in [-0.25, -0.2) is 0 Å². The first-order valence-corrected chi connectivity index (χ1v) is 9.23. The third kappa shape index (κ3) is 5.44. The van der Waals surface area contributed by atoms with Crippen LogP contribution in [-0.2, 0) is 13.1 Å². The Morgan fingerprint density at radius 2 is 2.04 bits per heavy atom. The van der Waals surface area contributed by atoms with Crippen molar-refractivity contribution in [1.82, 2.24) is 25.7 Å². The number of aliphatic imine (C=N–C) groups is 1. The van der Waals surface area contributed by atoms with Crippen LogP contribution >= 0.6 is 11.6 Å². The van der Waals surface area contributed by atoms with Crippen LogP contribution in [0.5, 0.6) is 0 Å². The molecule has 0 atom stereocenters. The summed E-state index contributed by atoms with van der Waals surface area (Å²) in [4.78, 5) is 10.9. The smallest absolute Gasteiger partial charge is 0.223 e. The summed E-state index contributed by atoms with van der Waals surface area (Å²) >= 11 is 5.95. The zero-order valence-corrected chi connectivity index (χ0v) is 16.0. The van der Waals surface area contributed by atoms with E-state index in [-0.39, 0.29) is 0 Å². The van der Waals surface area contributed by atoms with Gasteiger partial charge in [-0.15, -0.1) is 0 Å². The van der Waals surface area contributed by atoms with Crippen molar-refractivity contribution in [2.24, 2.45) is 4.99 Å². The van der Waals surface area contributed by atoms with Crippen molar-refractivity contribution in [3.63, 3.8) is 0 Å². The summed E-state index contributed by atoms with van der Waals surface area (Å²) in [5.41, 5.74) is 1.30. The first kappa shape index (κ1) is 18.7. The predicted octanol–water partition coefficient (Wildman–Crippen LogP) is 2.36. The number of halogens is 1. The number of nitrogens with zero attached hydrogens (tertiary/aromatic N) is 4. The van der Waals surface area contributed by atoms with E-state index >= 15 is 0 Å². The second-order valence-electron chi connectivity index (χ2n) is 6.48. The number of benzene rings is 1. The van der Waals surface area contributed by atoms with Gasteiger partial charge in [0.05, 0.1) is 6.54 Å². The standard InChI is InChI=1S/C18H25ClN6O/c1-13-22-17(24-26-13)11-21-18(20-2)23-16-7-9-25(10-8-16)12-14-3-5-15(19)6-4-14/h3-6,16H,7-12H2,1-2H3,(H2,20,21,23). The Bertz CT molecular complexity index is 722.